The predicted octanol–water partition coefficient (Wildman–Crippen LogP) is 4.16. The third-order valence-corrected chi connectivity index (χ3v) is 5.62. The molecule has 0 fully saturated rings. The van der Waals surface area contributed by atoms with Crippen LogP contribution in [0.1, 0.15) is 29.9 Å². The summed E-state index contributed by atoms with van der Waals surface area (Å²) in [5.41, 5.74) is 6.66. The van der Waals surface area contributed by atoms with Crippen molar-refractivity contribution in [3.05, 3.63) is 71.0 Å². The van der Waals surface area contributed by atoms with Gasteiger partial charge in [0.15, 0.2) is 0 Å². The van der Waals surface area contributed by atoms with Crippen molar-refractivity contribution in [1.29, 1.82) is 0 Å². The fourth-order valence-electron chi connectivity index (χ4n) is 4.12. The van der Waals surface area contributed by atoms with Gasteiger partial charge in [-0.3, -0.25) is 9.98 Å². The first-order valence-electron chi connectivity index (χ1n) is 10.3. The van der Waals surface area contributed by atoms with E-state index in [1.807, 2.05) is 0 Å². The zero-order chi connectivity index (χ0) is 19.9. The van der Waals surface area contributed by atoms with E-state index >= 15 is 0 Å². The van der Waals surface area contributed by atoms with E-state index < -0.39 is 0 Å². The van der Waals surface area contributed by atoms with E-state index in [9.17, 15) is 0 Å². The second-order valence-electron chi connectivity index (χ2n) is 7.70. The maximum Gasteiger partial charge on any atom is 0.145 e. The van der Waals surface area contributed by atoms with Gasteiger partial charge in [-0.1, -0.05) is 37.8 Å². The van der Waals surface area contributed by atoms with Crippen LogP contribution in [0.5, 0.6) is 0 Å². The van der Waals surface area contributed by atoms with Gasteiger partial charge in [-0.05, 0) is 35.9 Å². The molecule has 6 heteroatoms. The summed E-state index contributed by atoms with van der Waals surface area (Å²) in [4.78, 5) is 16.0. The predicted molar refractivity (Wildman–Crippen MR) is 131 cm³/mol. The number of hydrogen-bond donors (Lipinski definition) is 4. The number of hydrogen-bond acceptors (Lipinski definition) is 4. The third kappa shape index (κ3) is 3.61. The van der Waals surface area contributed by atoms with Gasteiger partial charge in [-0.2, -0.15) is 0 Å². The van der Waals surface area contributed by atoms with E-state index in [0.29, 0.717) is 0 Å². The molecule has 2 aliphatic rings. The molecule has 4 aromatic rings. The maximum absolute atomic E-state index is 4.51. The highest BCUT2D eigenvalue weighted by molar-refractivity contribution is 6.03. The molecule has 4 heterocycles. The molecule has 0 atom stereocenters. The third-order valence-electron chi connectivity index (χ3n) is 5.62. The number of rotatable bonds is 4. The van der Waals surface area contributed by atoms with Crippen LogP contribution >= 0.6 is 0 Å². The molecule has 0 aliphatic carbocycles. The summed E-state index contributed by atoms with van der Waals surface area (Å²) < 4.78 is 0. The molecule has 0 unspecified atom stereocenters. The fourth-order valence-corrected chi connectivity index (χ4v) is 4.12. The van der Waals surface area contributed by atoms with Crippen LogP contribution in [-0.2, 0) is 0 Å². The molecule has 0 saturated heterocycles. The lowest BCUT2D eigenvalue weighted by atomic mass is 10.1. The van der Waals surface area contributed by atoms with Gasteiger partial charge in [-0.25, -0.2) is 0 Å². The smallest absolute Gasteiger partial charge is 0.145 e. The number of nitrogens with one attached hydrogen (secondary N) is 4. The molecule has 0 spiro atoms. The van der Waals surface area contributed by atoms with Gasteiger partial charge in [0, 0.05) is 46.2 Å². The second kappa shape index (κ2) is 7.80. The first-order chi connectivity index (χ1) is 14.8. The molecule has 31 heavy (non-hydrogen) atoms. The lowest BCUT2D eigenvalue weighted by Gasteiger charge is -2.01. The fraction of sp³-hybridized carbons (Fsp3) is 0.200. The Labute approximate surface area is 181 Å². The van der Waals surface area contributed by atoms with Gasteiger partial charge in [0.25, 0.3) is 0 Å². The van der Waals surface area contributed by atoms with Gasteiger partial charge in [0.1, 0.15) is 11.7 Å². The van der Waals surface area contributed by atoms with Crippen molar-refractivity contribution in [1.82, 2.24) is 20.6 Å². The number of aromatic nitrogens is 2. The Hall–Kier alpha value is -3.80. The molecule has 0 bridgehead atoms. The molecule has 6 nitrogen and oxygen atoms in total. The minimum atomic E-state index is 0. The lowest BCUT2D eigenvalue weighted by Crippen LogP contribution is -2.19. The zero-order valence-electron chi connectivity index (χ0n) is 16.5. The Kier molecular flexibility index (Phi) is 4.82. The van der Waals surface area contributed by atoms with Crippen LogP contribution in [0, 0.1) is 0 Å². The quantitative estimate of drug-likeness (QED) is 0.408. The number of amidine groups is 2. The van der Waals surface area contributed by atoms with Crippen LogP contribution < -0.4 is 10.6 Å². The average Bonchev–Trinajstić information content (AvgIpc) is 3.56. The molecular formula is C25H26N6. The van der Waals surface area contributed by atoms with Gasteiger partial charge < -0.3 is 20.6 Å². The molecule has 0 radical (unpaired) electrons. The Balaban J connectivity index is 0.00000204. The van der Waals surface area contributed by atoms with Crippen LogP contribution in [0.2, 0.25) is 0 Å². The highest BCUT2D eigenvalue weighted by Gasteiger charge is 2.11. The molecule has 6 rings (SSSR count). The van der Waals surface area contributed by atoms with Crippen LogP contribution in [0.25, 0.3) is 34.0 Å². The zero-order valence-corrected chi connectivity index (χ0v) is 16.5. The second-order valence-corrected chi connectivity index (χ2v) is 7.70. The molecule has 2 aromatic carbocycles. The largest absolute Gasteiger partial charge is 0.368 e. The Bertz CT molecular complexity index is 1330. The SMILES string of the molecule is C.C(=C\c1cc2ccc(C3=NCCN3)cc2[nH]1)/c1ccc2cc(C3=NCCN3)[nH]c2c1. The van der Waals surface area contributed by atoms with Crippen molar-refractivity contribution < 1.29 is 0 Å². The van der Waals surface area contributed by atoms with Crippen molar-refractivity contribution in [3.63, 3.8) is 0 Å². The Morgan fingerprint density at radius 3 is 2.26 bits per heavy atom. The van der Waals surface area contributed by atoms with Crippen LogP contribution in [-0.4, -0.2) is 47.8 Å². The van der Waals surface area contributed by atoms with E-state index in [4.69, 9.17) is 0 Å². The number of fused-ring (bicyclic) bond motifs is 2. The van der Waals surface area contributed by atoms with Crippen LogP contribution in [0.3, 0.4) is 0 Å². The maximum atomic E-state index is 4.51. The summed E-state index contributed by atoms with van der Waals surface area (Å²) in [5.74, 6) is 1.94. The summed E-state index contributed by atoms with van der Waals surface area (Å²) >= 11 is 0. The van der Waals surface area contributed by atoms with E-state index in [0.717, 1.165) is 71.4 Å². The minimum absolute atomic E-state index is 0. The van der Waals surface area contributed by atoms with Crippen molar-refractivity contribution in [2.24, 2.45) is 9.98 Å². The Morgan fingerprint density at radius 2 is 1.45 bits per heavy atom. The van der Waals surface area contributed by atoms with Crippen molar-refractivity contribution in [2.75, 3.05) is 26.2 Å². The minimum Gasteiger partial charge on any atom is -0.368 e. The lowest BCUT2D eigenvalue weighted by molar-refractivity contribution is 0.959. The molecule has 156 valence electrons. The number of nitrogens with zero attached hydrogens (tertiary/aromatic N) is 2. The van der Waals surface area contributed by atoms with Gasteiger partial charge in [-0.15, -0.1) is 0 Å². The molecule has 0 saturated carbocycles. The normalized spacial score (nSPS) is 15.7. The first-order valence-corrected chi connectivity index (χ1v) is 10.3. The van der Waals surface area contributed by atoms with E-state index in [2.05, 4.69) is 91.3 Å². The molecular weight excluding hydrogens is 384 g/mol. The van der Waals surface area contributed by atoms with Crippen molar-refractivity contribution >= 4 is 45.6 Å². The number of aromatic amines is 2. The van der Waals surface area contributed by atoms with E-state index in [1.165, 1.54) is 10.8 Å². The molecule has 4 N–H and O–H groups in total. The molecule has 2 aliphatic heterocycles. The van der Waals surface area contributed by atoms with Crippen LogP contribution in [0.15, 0.2) is 58.5 Å². The van der Waals surface area contributed by atoms with Crippen molar-refractivity contribution in [3.8, 4) is 0 Å². The van der Waals surface area contributed by atoms with E-state index in [-0.39, 0.29) is 7.43 Å². The van der Waals surface area contributed by atoms with Crippen molar-refractivity contribution in [2.45, 2.75) is 7.43 Å². The van der Waals surface area contributed by atoms with Gasteiger partial charge in [0.05, 0.1) is 18.8 Å². The highest BCUT2D eigenvalue weighted by atomic mass is 15.1. The molecule has 2 aromatic heterocycles. The van der Waals surface area contributed by atoms with Gasteiger partial charge >= 0.3 is 0 Å². The first kappa shape index (κ1) is 19.2. The highest BCUT2D eigenvalue weighted by Crippen LogP contribution is 2.22. The topological polar surface area (TPSA) is 80.4 Å². The summed E-state index contributed by atoms with van der Waals surface area (Å²) in [6, 6.07) is 17.2. The summed E-state index contributed by atoms with van der Waals surface area (Å²) in [5, 5.41) is 9.05. The standard InChI is InChI=1S/C24H22N6.CH4/c1-3-17-13-22(24-27-9-10-28-24)30-20(17)11-15(1)2-6-19-12-16-4-5-18(14-21(16)29-19)23-25-7-8-26-23;/h1-6,11-14,29-30H,7-10H2,(H,25,26)(H,27,28);1H4/b6-2+;. The van der Waals surface area contributed by atoms with Gasteiger partial charge in [0.2, 0.25) is 0 Å². The summed E-state index contributed by atoms with van der Waals surface area (Å²) in [6.07, 6.45) is 4.26. The number of aliphatic imine (C=N–C) groups is 2. The average molecular weight is 411 g/mol. The molecule has 0 amide bonds. The summed E-state index contributed by atoms with van der Waals surface area (Å²) in [6.45, 7) is 3.53. The van der Waals surface area contributed by atoms with Crippen LogP contribution in [0.4, 0.5) is 0 Å². The number of H-pyrrole nitrogens is 2. The Morgan fingerprint density at radius 1 is 0.710 bits per heavy atom. The van der Waals surface area contributed by atoms with E-state index in [1.54, 1.807) is 0 Å². The number of benzene rings is 2. The summed E-state index contributed by atoms with van der Waals surface area (Å²) in [7, 11) is 0. The monoisotopic (exact) mass is 410 g/mol.